The molecular formula is C15H30N2O2. The molecule has 0 aliphatic heterocycles. The third-order valence-corrected chi connectivity index (χ3v) is 3.44. The van der Waals surface area contributed by atoms with E-state index in [4.69, 9.17) is 4.74 Å². The molecule has 0 saturated heterocycles. The highest BCUT2D eigenvalue weighted by atomic mass is 16.6. The summed E-state index contributed by atoms with van der Waals surface area (Å²) in [6.07, 6.45) is 3.87. The van der Waals surface area contributed by atoms with Crippen molar-refractivity contribution in [3.8, 4) is 0 Å². The number of rotatable bonds is 6. The zero-order valence-electron chi connectivity index (χ0n) is 13.2. The van der Waals surface area contributed by atoms with Crippen LogP contribution in [0.1, 0.15) is 53.9 Å². The van der Waals surface area contributed by atoms with Gasteiger partial charge in [0.1, 0.15) is 5.60 Å². The molecule has 0 unspecified atom stereocenters. The van der Waals surface area contributed by atoms with E-state index in [1.54, 1.807) is 4.90 Å². The van der Waals surface area contributed by atoms with E-state index in [2.05, 4.69) is 5.32 Å². The largest absolute Gasteiger partial charge is 0.444 e. The minimum absolute atomic E-state index is 0.167. The molecule has 0 aromatic carbocycles. The Morgan fingerprint density at radius 3 is 2.42 bits per heavy atom. The Kier molecular flexibility index (Phi) is 6.11. The summed E-state index contributed by atoms with van der Waals surface area (Å²) in [4.78, 5) is 13.9. The molecule has 0 radical (unpaired) electrons. The lowest BCUT2D eigenvalue weighted by Crippen LogP contribution is -2.44. The fraction of sp³-hybridized carbons (Fsp3) is 0.933. The van der Waals surface area contributed by atoms with Crippen LogP contribution in [0.4, 0.5) is 4.79 Å². The predicted molar refractivity (Wildman–Crippen MR) is 78.3 cm³/mol. The molecular weight excluding hydrogens is 240 g/mol. The van der Waals surface area contributed by atoms with Crippen molar-refractivity contribution < 1.29 is 9.53 Å². The van der Waals surface area contributed by atoms with Gasteiger partial charge in [0.05, 0.1) is 0 Å². The van der Waals surface area contributed by atoms with Crippen LogP contribution in [0.2, 0.25) is 0 Å². The van der Waals surface area contributed by atoms with Crippen molar-refractivity contribution in [2.24, 2.45) is 5.92 Å². The van der Waals surface area contributed by atoms with Crippen LogP contribution in [0.25, 0.3) is 0 Å². The van der Waals surface area contributed by atoms with Crippen LogP contribution >= 0.6 is 0 Å². The molecule has 1 aliphatic rings. The van der Waals surface area contributed by atoms with Gasteiger partial charge in [0.2, 0.25) is 0 Å². The minimum Gasteiger partial charge on any atom is -0.444 e. The van der Waals surface area contributed by atoms with E-state index in [-0.39, 0.29) is 12.1 Å². The number of ether oxygens (including phenoxy) is 1. The van der Waals surface area contributed by atoms with Gasteiger partial charge in [-0.2, -0.15) is 0 Å². The fourth-order valence-corrected chi connectivity index (χ4v) is 2.08. The van der Waals surface area contributed by atoms with Gasteiger partial charge >= 0.3 is 6.09 Å². The SMILES string of the molecule is CC(C)N(CCNCC1CCC1)C(=O)OC(C)(C)C. The summed E-state index contributed by atoms with van der Waals surface area (Å²) in [7, 11) is 0. The van der Waals surface area contributed by atoms with Crippen molar-refractivity contribution in [3.05, 3.63) is 0 Å². The average Bonchev–Trinajstić information content (AvgIpc) is 2.16. The predicted octanol–water partition coefficient (Wildman–Crippen LogP) is 3.02. The van der Waals surface area contributed by atoms with Crippen molar-refractivity contribution >= 4 is 6.09 Å². The van der Waals surface area contributed by atoms with Crippen molar-refractivity contribution in [3.63, 3.8) is 0 Å². The maximum atomic E-state index is 12.1. The van der Waals surface area contributed by atoms with Crippen molar-refractivity contribution in [1.82, 2.24) is 10.2 Å². The summed E-state index contributed by atoms with van der Waals surface area (Å²) in [6, 6.07) is 0.167. The first-order valence-corrected chi connectivity index (χ1v) is 7.50. The van der Waals surface area contributed by atoms with Gasteiger partial charge in [-0.15, -0.1) is 0 Å². The van der Waals surface area contributed by atoms with Crippen molar-refractivity contribution in [1.29, 1.82) is 0 Å². The molecule has 0 spiro atoms. The van der Waals surface area contributed by atoms with Gasteiger partial charge in [-0.05, 0) is 59.9 Å². The molecule has 1 saturated carbocycles. The second kappa shape index (κ2) is 7.13. The second-order valence-corrected chi connectivity index (χ2v) is 6.77. The smallest absolute Gasteiger partial charge is 0.410 e. The Bertz CT molecular complexity index is 280. The summed E-state index contributed by atoms with van der Waals surface area (Å²) in [5.74, 6) is 0.856. The molecule has 1 fully saturated rings. The van der Waals surface area contributed by atoms with Gasteiger partial charge < -0.3 is 15.0 Å². The van der Waals surface area contributed by atoms with E-state index in [0.29, 0.717) is 6.54 Å². The quantitative estimate of drug-likeness (QED) is 0.754. The standard InChI is InChI=1S/C15H30N2O2/c1-12(2)17(14(18)19-15(3,4)5)10-9-16-11-13-7-6-8-13/h12-13,16H,6-11H2,1-5H3. The van der Waals surface area contributed by atoms with Crippen LogP contribution < -0.4 is 5.32 Å². The minimum atomic E-state index is -0.427. The average molecular weight is 270 g/mol. The van der Waals surface area contributed by atoms with Crippen LogP contribution in [-0.4, -0.2) is 42.3 Å². The molecule has 0 atom stereocenters. The van der Waals surface area contributed by atoms with E-state index in [0.717, 1.165) is 19.0 Å². The van der Waals surface area contributed by atoms with Crippen molar-refractivity contribution in [2.75, 3.05) is 19.6 Å². The van der Waals surface area contributed by atoms with Crippen LogP contribution in [0.3, 0.4) is 0 Å². The lowest BCUT2D eigenvalue weighted by molar-refractivity contribution is 0.0193. The third-order valence-electron chi connectivity index (χ3n) is 3.44. The summed E-state index contributed by atoms with van der Waals surface area (Å²) in [6.45, 7) is 12.4. The zero-order valence-corrected chi connectivity index (χ0v) is 13.2. The first-order chi connectivity index (χ1) is 8.79. The first kappa shape index (κ1) is 16.3. The van der Waals surface area contributed by atoms with Crippen molar-refractivity contribution in [2.45, 2.75) is 65.5 Å². The molecule has 0 heterocycles. The number of hydrogen-bond acceptors (Lipinski definition) is 3. The van der Waals surface area contributed by atoms with E-state index >= 15 is 0 Å². The monoisotopic (exact) mass is 270 g/mol. The lowest BCUT2D eigenvalue weighted by atomic mass is 9.85. The summed E-state index contributed by atoms with van der Waals surface area (Å²) in [5, 5.41) is 3.44. The maximum Gasteiger partial charge on any atom is 0.410 e. The number of carbonyl (C=O) groups is 1. The molecule has 1 amide bonds. The van der Waals surface area contributed by atoms with Gasteiger partial charge in [-0.1, -0.05) is 6.42 Å². The highest BCUT2D eigenvalue weighted by molar-refractivity contribution is 5.68. The second-order valence-electron chi connectivity index (χ2n) is 6.77. The van der Waals surface area contributed by atoms with Gasteiger partial charge in [-0.3, -0.25) is 0 Å². The highest BCUT2D eigenvalue weighted by Gasteiger charge is 2.24. The van der Waals surface area contributed by atoms with Crippen LogP contribution in [0, 0.1) is 5.92 Å². The van der Waals surface area contributed by atoms with Gasteiger partial charge in [-0.25, -0.2) is 4.79 Å². The molecule has 0 aromatic rings. The third kappa shape index (κ3) is 6.28. The van der Waals surface area contributed by atoms with Crippen LogP contribution in [-0.2, 0) is 4.74 Å². The van der Waals surface area contributed by atoms with E-state index < -0.39 is 5.60 Å². The molecule has 19 heavy (non-hydrogen) atoms. The van der Waals surface area contributed by atoms with E-state index in [1.165, 1.54) is 19.3 Å². The molecule has 112 valence electrons. The summed E-state index contributed by atoms with van der Waals surface area (Å²) < 4.78 is 5.43. The van der Waals surface area contributed by atoms with Gasteiger partial charge in [0, 0.05) is 19.1 Å². The number of hydrogen-bond donors (Lipinski definition) is 1. The van der Waals surface area contributed by atoms with Gasteiger partial charge in [0.15, 0.2) is 0 Å². The molecule has 0 bridgehead atoms. The Labute approximate surface area is 117 Å². The molecule has 1 aliphatic carbocycles. The fourth-order valence-electron chi connectivity index (χ4n) is 2.08. The zero-order chi connectivity index (χ0) is 14.5. The maximum absolute atomic E-state index is 12.1. The number of amides is 1. The van der Waals surface area contributed by atoms with E-state index in [1.807, 2.05) is 34.6 Å². The highest BCUT2D eigenvalue weighted by Crippen LogP contribution is 2.25. The molecule has 4 nitrogen and oxygen atoms in total. The summed E-state index contributed by atoms with van der Waals surface area (Å²) >= 11 is 0. The topological polar surface area (TPSA) is 41.6 Å². The summed E-state index contributed by atoms with van der Waals surface area (Å²) in [5.41, 5.74) is -0.427. The first-order valence-electron chi connectivity index (χ1n) is 7.50. The Morgan fingerprint density at radius 2 is 2.00 bits per heavy atom. The number of nitrogens with zero attached hydrogens (tertiary/aromatic N) is 1. The molecule has 4 heteroatoms. The van der Waals surface area contributed by atoms with Crippen LogP contribution in [0.15, 0.2) is 0 Å². The lowest BCUT2D eigenvalue weighted by Gasteiger charge is -2.31. The van der Waals surface area contributed by atoms with Gasteiger partial charge in [0.25, 0.3) is 0 Å². The molecule has 1 rings (SSSR count). The normalized spacial score (nSPS) is 16.3. The molecule has 0 aromatic heterocycles. The number of carbonyl (C=O) groups excluding carboxylic acids is 1. The van der Waals surface area contributed by atoms with E-state index in [9.17, 15) is 4.79 Å². The molecule has 1 N–H and O–H groups in total. The Balaban J connectivity index is 2.28. The Morgan fingerprint density at radius 1 is 1.37 bits per heavy atom. The van der Waals surface area contributed by atoms with Crippen LogP contribution in [0.5, 0.6) is 0 Å². The number of nitrogens with one attached hydrogen (secondary N) is 1. The Hall–Kier alpha value is -0.770.